The van der Waals surface area contributed by atoms with E-state index in [0.717, 1.165) is 0 Å². The van der Waals surface area contributed by atoms with E-state index in [0.29, 0.717) is 33.0 Å². The highest BCUT2D eigenvalue weighted by molar-refractivity contribution is 7.17. The predicted octanol–water partition coefficient (Wildman–Crippen LogP) is 3.51. The van der Waals surface area contributed by atoms with Crippen LogP contribution in [0, 0.1) is 0 Å². The molecule has 142 valence electrons. The summed E-state index contributed by atoms with van der Waals surface area (Å²) in [4.78, 5) is 27.2. The number of halogens is 3. The molecule has 0 aromatic carbocycles. The van der Waals surface area contributed by atoms with Crippen molar-refractivity contribution in [2.75, 3.05) is 12.4 Å². The summed E-state index contributed by atoms with van der Waals surface area (Å²) in [7, 11) is 1.29. The molecule has 3 rings (SSSR count). The summed E-state index contributed by atoms with van der Waals surface area (Å²) in [6.45, 7) is -0.198. The molecule has 0 bridgehead atoms. The van der Waals surface area contributed by atoms with E-state index in [4.69, 9.17) is 0 Å². The number of esters is 1. The van der Waals surface area contributed by atoms with E-state index in [1.807, 2.05) is 0 Å². The highest BCUT2D eigenvalue weighted by Gasteiger charge is 2.33. The van der Waals surface area contributed by atoms with Crippen LogP contribution in [-0.4, -0.2) is 33.8 Å². The van der Waals surface area contributed by atoms with Gasteiger partial charge < -0.3 is 10.1 Å². The molecule has 12 heteroatoms. The molecule has 0 saturated carbocycles. The van der Waals surface area contributed by atoms with Crippen LogP contribution in [0.4, 0.5) is 18.3 Å². The lowest BCUT2D eigenvalue weighted by Crippen LogP contribution is -2.18. The number of carbonyl (C=O) groups excluding carboxylic acids is 2. The summed E-state index contributed by atoms with van der Waals surface area (Å²) in [5, 5.41) is 6.39. The first-order valence-corrected chi connectivity index (χ1v) is 8.94. The molecule has 3 aromatic rings. The Balaban J connectivity index is 1.63. The Morgan fingerprint density at radius 1 is 1.26 bits per heavy atom. The average molecular weight is 416 g/mol. The van der Waals surface area contributed by atoms with E-state index in [2.05, 4.69) is 20.1 Å². The number of methoxy groups -OCH3 is 1. The van der Waals surface area contributed by atoms with Crippen LogP contribution in [-0.2, 0) is 22.3 Å². The number of carbonyl (C=O) groups is 2. The van der Waals surface area contributed by atoms with Crippen molar-refractivity contribution in [1.29, 1.82) is 0 Å². The molecular weight excluding hydrogens is 405 g/mol. The van der Waals surface area contributed by atoms with Crippen LogP contribution in [0.2, 0.25) is 0 Å². The molecule has 0 radical (unpaired) electrons. The molecule has 0 unspecified atom stereocenters. The van der Waals surface area contributed by atoms with Crippen LogP contribution in [0.1, 0.15) is 14.5 Å². The number of nitrogens with one attached hydrogen (secondary N) is 1. The lowest BCUT2D eigenvalue weighted by atomic mass is 10.3. The minimum Gasteiger partial charge on any atom is -0.465 e. The number of aromatic nitrogens is 3. The van der Waals surface area contributed by atoms with Crippen molar-refractivity contribution >= 4 is 39.7 Å². The van der Waals surface area contributed by atoms with Crippen molar-refractivity contribution in [2.24, 2.45) is 0 Å². The first-order chi connectivity index (χ1) is 12.8. The second-order valence-corrected chi connectivity index (χ2v) is 7.24. The number of ether oxygens (including phenoxy) is 1. The minimum atomic E-state index is -4.50. The standard InChI is InChI=1S/C15H11F3N4O3S2/c1-25-13(24)10-3-2-9(26-10)8-4-5-22(21-8)7-12(23)20-14-19-6-11(27-14)15(16,17)18/h2-6H,7H2,1H3,(H,19,20,23). The molecular formula is C15H11F3N4O3S2. The second kappa shape index (κ2) is 7.48. The van der Waals surface area contributed by atoms with E-state index in [1.54, 1.807) is 24.4 Å². The van der Waals surface area contributed by atoms with Crippen LogP contribution < -0.4 is 5.32 Å². The van der Waals surface area contributed by atoms with Crippen LogP contribution in [0.3, 0.4) is 0 Å². The van der Waals surface area contributed by atoms with E-state index in [-0.39, 0.29) is 11.7 Å². The molecule has 1 amide bonds. The molecule has 27 heavy (non-hydrogen) atoms. The van der Waals surface area contributed by atoms with Gasteiger partial charge in [-0.25, -0.2) is 9.78 Å². The Labute approximate surface area is 158 Å². The van der Waals surface area contributed by atoms with E-state index >= 15 is 0 Å². The molecule has 0 fully saturated rings. The molecule has 0 saturated heterocycles. The molecule has 1 N–H and O–H groups in total. The predicted molar refractivity (Wildman–Crippen MR) is 92.6 cm³/mol. The van der Waals surface area contributed by atoms with Crippen LogP contribution in [0.15, 0.2) is 30.6 Å². The van der Waals surface area contributed by atoms with Gasteiger partial charge in [-0.2, -0.15) is 18.3 Å². The number of hydrogen-bond donors (Lipinski definition) is 1. The van der Waals surface area contributed by atoms with Gasteiger partial charge in [0.25, 0.3) is 0 Å². The van der Waals surface area contributed by atoms with Gasteiger partial charge in [0, 0.05) is 6.20 Å². The summed E-state index contributed by atoms with van der Waals surface area (Å²) in [6, 6.07) is 4.97. The Kier molecular flexibility index (Phi) is 5.28. The highest BCUT2D eigenvalue weighted by Crippen LogP contribution is 2.35. The fraction of sp³-hybridized carbons (Fsp3) is 0.200. The Morgan fingerprint density at radius 2 is 2.04 bits per heavy atom. The maximum atomic E-state index is 12.5. The van der Waals surface area contributed by atoms with Gasteiger partial charge in [0.05, 0.1) is 18.2 Å². The fourth-order valence-corrected chi connectivity index (χ4v) is 3.62. The lowest BCUT2D eigenvalue weighted by Gasteiger charge is -2.02. The number of nitrogens with zero attached hydrogens (tertiary/aromatic N) is 3. The largest absolute Gasteiger partial charge is 0.465 e. The van der Waals surface area contributed by atoms with Crippen LogP contribution in [0.25, 0.3) is 10.6 Å². The lowest BCUT2D eigenvalue weighted by molar-refractivity contribution is -0.134. The van der Waals surface area contributed by atoms with Crippen molar-refractivity contribution in [2.45, 2.75) is 12.7 Å². The third-order valence-electron chi connectivity index (χ3n) is 3.22. The van der Waals surface area contributed by atoms with Crippen molar-refractivity contribution in [3.8, 4) is 10.6 Å². The molecule has 3 aromatic heterocycles. The number of amides is 1. The van der Waals surface area contributed by atoms with Crippen molar-refractivity contribution in [3.05, 3.63) is 40.3 Å². The fourth-order valence-electron chi connectivity index (χ4n) is 2.04. The van der Waals surface area contributed by atoms with Crippen LogP contribution in [0.5, 0.6) is 0 Å². The summed E-state index contributed by atoms with van der Waals surface area (Å²) in [6.07, 6.45) is -2.28. The maximum Gasteiger partial charge on any atom is 0.427 e. The first-order valence-electron chi connectivity index (χ1n) is 7.31. The van der Waals surface area contributed by atoms with Gasteiger partial charge in [-0.3, -0.25) is 9.48 Å². The zero-order valence-electron chi connectivity index (χ0n) is 13.6. The van der Waals surface area contributed by atoms with Crippen LogP contribution >= 0.6 is 22.7 Å². The molecule has 7 nitrogen and oxygen atoms in total. The Bertz CT molecular complexity index is 977. The van der Waals surface area contributed by atoms with E-state index in [9.17, 15) is 22.8 Å². The maximum absolute atomic E-state index is 12.5. The third-order valence-corrected chi connectivity index (χ3v) is 5.27. The molecule has 0 spiro atoms. The zero-order valence-corrected chi connectivity index (χ0v) is 15.2. The van der Waals surface area contributed by atoms with Crippen molar-refractivity contribution < 1.29 is 27.5 Å². The van der Waals surface area contributed by atoms with E-state index < -0.39 is 22.9 Å². The number of alkyl halides is 3. The van der Waals surface area contributed by atoms with Crippen molar-refractivity contribution in [3.63, 3.8) is 0 Å². The van der Waals surface area contributed by atoms with Gasteiger partial charge in [0.15, 0.2) is 5.13 Å². The number of thiazole rings is 1. The number of thiophene rings is 1. The monoisotopic (exact) mass is 416 g/mol. The second-order valence-electron chi connectivity index (χ2n) is 5.13. The van der Waals surface area contributed by atoms with Gasteiger partial charge in [-0.15, -0.1) is 11.3 Å². The molecule has 0 aliphatic rings. The topological polar surface area (TPSA) is 86.1 Å². The highest BCUT2D eigenvalue weighted by atomic mass is 32.1. The molecule has 0 aliphatic carbocycles. The van der Waals surface area contributed by atoms with Gasteiger partial charge in [-0.05, 0) is 18.2 Å². The quantitative estimate of drug-likeness (QED) is 0.644. The first kappa shape index (κ1) is 19.0. The number of hydrogen-bond acceptors (Lipinski definition) is 7. The summed E-state index contributed by atoms with van der Waals surface area (Å²) < 4.78 is 43.6. The van der Waals surface area contributed by atoms with Crippen molar-refractivity contribution in [1.82, 2.24) is 14.8 Å². The van der Waals surface area contributed by atoms with Gasteiger partial charge in [0.1, 0.15) is 22.0 Å². The Hall–Kier alpha value is -2.73. The van der Waals surface area contributed by atoms with Gasteiger partial charge in [-0.1, -0.05) is 11.3 Å². The smallest absolute Gasteiger partial charge is 0.427 e. The normalized spacial score (nSPS) is 11.4. The number of rotatable bonds is 5. The summed E-state index contributed by atoms with van der Waals surface area (Å²) in [5.41, 5.74) is 0.552. The average Bonchev–Trinajstić information content (AvgIpc) is 3.33. The molecule has 0 aliphatic heterocycles. The third kappa shape index (κ3) is 4.52. The van der Waals surface area contributed by atoms with Gasteiger partial charge in [0.2, 0.25) is 5.91 Å². The molecule has 3 heterocycles. The minimum absolute atomic E-state index is 0.138. The summed E-state index contributed by atoms with van der Waals surface area (Å²) >= 11 is 1.54. The SMILES string of the molecule is COC(=O)c1ccc(-c2ccn(CC(=O)Nc3ncc(C(F)(F)F)s3)n2)s1. The van der Waals surface area contributed by atoms with E-state index in [1.165, 1.54) is 23.1 Å². The number of anilines is 1. The summed E-state index contributed by atoms with van der Waals surface area (Å²) in [5.74, 6) is -1.01. The zero-order chi connectivity index (χ0) is 19.6. The molecule has 0 atom stereocenters. The van der Waals surface area contributed by atoms with Gasteiger partial charge >= 0.3 is 12.1 Å². The Morgan fingerprint density at radius 3 is 2.70 bits per heavy atom.